The molecule has 0 aromatic heterocycles. The lowest BCUT2D eigenvalue weighted by molar-refractivity contribution is 0.0679. The van der Waals surface area contributed by atoms with Gasteiger partial charge in [0, 0.05) is 24.8 Å². The Balaban J connectivity index is 1.22. The van der Waals surface area contributed by atoms with Crippen LogP contribution in [0, 0.1) is 0 Å². The van der Waals surface area contributed by atoms with Gasteiger partial charge < -0.3 is 25.0 Å². The fourth-order valence-electron chi connectivity index (χ4n) is 4.73. The molecule has 2 aromatic rings. The fourth-order valence-corrected chi connectivity index (χ4v) is 4.73. The van der Waals surface area contributed by atoms with Crippen molar-refractivity contribution in [2.75, 3.05) is 40.4 Å². The highest BCUT2D eigenvalue weighted by molar-refractivity contribution is 5.94. The second-order valence-electron chi connectivity index (χ2n) is 9.82. The van der Waals surface area contributed by atoms with E-state index >= 15 is 0 Å². The Labute approximate surface area is 204 Å². The Bertz CT molecular complexity index is 923. The summed E-state index contributed by atoms with van der Waals surface area (Å²) in [4.78, 5) is 15.0. The third-order valence-electron chi connectivity index (χ3n) is 6.70. The summed E-state index contributed by atoms with van der Waals surface area (Å²) in [6.45, 7) is 4.45. The lowest BCUT2D eigenvalue weighted by Crippen LogP contribution is -2.38. The van der Waals surface area contributed by atoms with E-state index in [0.717, 1.165) is 70.5 Å². The fraction of sp³-hybridized carbons (Fsp3) is 0.536. The van der Waals surface area contributed by atoms with Crippen molar-refractivity contribution in [3.63, 3.8) is 0 Å². The van der Waals surface area contributed by atoms with E-state index in [0.29, 0.717) is 12.2 Å². The van der Waals surface area contributed by atoms with E-state index in [2.05, 4.69) is 47.8 Å². The van der Waals surface area contributed by atoms with Crippen molar-refractivity contribution >= 4 is 5.91 Å². The summed E-state index contributed by atoms with van der Waals surface area (Å²) < 4.78 is 11.4. The predicted molar refractivity (Wildman–Crippen MR) is 136 cm³/mol. The lowest BCUT2D eigenvalue weighted by atomic mass is 9.87. The van der Waals surface area contributed by atoms with Gasteiger partial charge in [0.2, 0.25) is 0 Å². The lowest BCUT2D eigenvalue weighted by Gasteiger charge is -2.26. The number of hydrogen-bond donors (Lipinski definition) is 2. The highest BCUT2D eigenvalue weighted by atomic mass is 16.5. The smallest absolute Gasteiger partial charge is 0.251 e. The average Bonchev–Trinajstić information content (AvgIpc) is 3.36. The highest BCUT2D eigenvalue weighted by Crippen LogP contribution is 2.23. The van der Waals surface area contributed by atoms with Crippen LogP contribution in [0.5, 0.6) is 5.75 Å². The van der Waals surface area contributed by atoms with Crippen LogP contribution >= 0.6 is 0 Å². The largest absolute Gasteiger partial charge is 0.491 e. The molecule has 184 valence electrons. The minimum Gasteiger partial charge on any atom is -0.491 e. The molecule has 2 aromatic carbocycles. The van der Waals surface area contributed by atoms with Crippen LogP contribution < -0.4 is 15.4 Å². The van der Waals surface area contributed by atoms with Crippen molar-refractivity contribution in [2.45, 2.75) is 57.2 Å². The Morgan fingerprint density at radius 1 is 1.12 bits per heavy atom. The van der Waals surface area contributed by atoms with Gasteiger partial charge in [-0.1, -0.05) is 18.2 Å². The van der Waals surface area contributed by atoms with Gasteiger partial charge in [0.05, 0.1) is 6.10 Å². The molecule has 1 amide bonds. The molecule has 2 N–H and O–H groups in total. The van der Waals surface area contributed by atoms with Crippen LogP contribution in [-0.4, -0.2) is 63.4 Å². The van der Waals surface area contributed by atoms with Gasteiger partial charge in [-0.15, -0.1) is 0 Å². The van der Waals surface area contributed by atoms with Crippen LogP contribution in [0.25, 0.3) is 0 Å². The van der Waals surface area contributed by atoms with Crippen LogP contribution in [0.3, 0.4) is 0 Å². The summed E-state index contributed by atoms with van der Waals surface area (Å²) in [6, 6.07) is 14.4. The minimum atomic E-state index is -0.0160. The number of hydrogen-bond acceptors (Lipinski definition) is 5. The van der Waals surface area contributed by atoms with E-state index in [1.807, 2.05) is 24.3 Å². The summed E-state index contributed by atoms with van der Waals surface area (Å²) in [5.41, 5.74) is 4.79. The molecule has 0 bridgehead atoms. The zero-order valence-corrected chi connectivity index (χ0v) is 20.6. The molecule has 0 spiro atoms. The summed E-state index contributed by atoms with van der Waals surface area (Å²) >= 11 is 0. The number of carbonyl (C=O) groups is 1. The van der Waals surface area contributed by atoms with Crippen molar-refractivity contribution in [3.05, 3.63) is 64.7 Å². The van der Waals surface area contributed by atoms with Crippen molar-refractivity contribution in [2.24, 2.45) is 0 Å². The maximum atomic E-state index is 12.8. The van der Waals surface area contributed by atoms with E-state index in [1.54, 1.807) is 0 Å². The molecule has 6 heteroatoms. The molecular formula is C28H39N3O3. The molecule has 1 aliphatic heterocycles. The van der Waals surface area contributed by atoms with E-state index < -0.39 is 0 Å². The molecular weight excluding hydrogens is 426 g/mol. The van der Waals surface area contributed by atoms with Crippen LogP contribution in [0.15, 0.2) is 42.5 Å². The minimum absolute atomic E-state index is 0.0160. The van der Waals surface area contributed by atoms with Crippen molar-refractivity contribution < 1.29 is 14.3 Å². The number of ether oxygens (including phenoxy) is 2. The molecule has 1 saturated heterocycles. The maximum absolute atomic E-state index is 12.8. The van der Waals surface area contributed by atoms with E-state index in [9.17, 15) is 4.79 Å². The molecule has 1 aliphatic carbocycles. The van der Waals surface area contributed by atoms with Gasteiger partial charge in [0.15, 0.2) is 0 Å². The first-order chi connectivity index (χ1) is 16.6. The summed E-state index contributed by atoms with van der Waals surface area (Å²) in [5, 5.41) is 6.77. The van der Waals surface area contributed by atoms with Crippen LogP contribution in [0.4, 0.5) is 0 Å². The van der Waals surface area contributed by atoms with Crippen molar-refractivity contribution in [1.29, 1.82) is 0 Å². The van der Waals surface area contributed by atoms with Crippen LogP contribution in [-0.2, 0) is 24.1 Å². The first kappa shape index (κ1) is 24.7. The second kappa shape index (κ2) is 12.3. The molecule has 6 nitrogen and oxygen atoms in total. The molecule has 34 heavy (non-hydrogen) atoms. The van der Waals surface area contributed by atoms with Gasteiger partial charge in [-0.25, -0.2) is 0 Å². The summed E-state index contributed by atoms with van der Waals surface area (Å²) in [5.74, 6) is 0.763. The molecule has 0 unspecified atom stereocenters. The molecule has 0 saturated carbocycles. The van der Waals surface area contributed by atoms with Gasteiger partial charge in [0.25, 0.3) is 5.91 Å². The SMILES string of the molecule is CN(C)CCCNCc1ccc2c(c1)CC[C@H](NC(=O)c1ccc(OC[C@@H]3CCCO3)cc1)C2. The zero-order valence-electron chi connectivity index (χ0n) is 20.6. The molecule has 2 atom stereocenters. The van der Waals surface area contributed by atoms with Gasteiger partial charge in [-0.3, -0.25) is 4.79 Å². The Morgan fingerprint density at radius 2 is 1.97 bits per heavy atom. The second-order valence-corrected chi connectivity index (χ2v) is 9.82. The number of nitrogens with one attached hydrogen (secondary N) is 2. The van der Waals surface area contributed by atoms with Gasteiger partial charge >= 0.3 is 0 Å². The Kier molecular flexibility index (Phi) is 8.97. The Hall–Kier alpha value is -2.41. The predicted octanol–water partition coefficient (Wildman–Crippen LogP) is 3.57. The maximum Gasteiger partial charge on any atom is 0.251 e. The average molecular weight is 466 g/mol. The zero-order chi connectivity index (χ0) is 23.8. The third-order valence-corrected chi connectivity index (χ3v) is 6.70. The quantitative estimate of drug-likeness (QED) is 0.497. The summed E-state index contributed by atoms with van der Waals surface area (Å²) in [6.07, 6.45) is 6.38. The monoisotopic (exact) mass is 465 g/mol. The molecule has 1 fully saturated rings. The van der Waals surface area contributed by atoms with E-state index in [4.69, 9.17) is 9.47 Å². The van der Waals surface area contributed by atoms with Gasteiger partial charge in [-0.05, 0) is 107 Å². The number of nitrogens with zero attached hydrogens (tertiary/aromatic N) is 1. The molecule has 0 radical (unpaired) electrons. The first-order valence-electron chi connectivity index (χ1n) is 12.7. The standard InChI is InChI=1S/C28H39N3O3/c1-31(2)15-4-14-29-19-21-6-7-24-18-25(11-8-23(24)17-21)30-28(32)22-9-12-26(13-10-22)34-20-27-5-3-16-33-27/h6-7,9-10,12-13,17,25,27,29H,3-5,8,11,14-16,18-20H2,1-2H3,(H,30,32)/t25-,27-/m0/s1. The molecule has 1 heterocycles. The van der Waals surface area contributed by atoms with Crippen LogP contribution in [0.2, 0.25) is 0 Å². The third kappa shape index (κ3) is 7.29. The topological polar surface area (TPSA) is 62.8 Å². The molecule has 4 rings (SSSR count). The van der Waals surface area contributed by atoms with E-state index in [1.165, 1.54) is 16.7 Å². The number of aryl methyl sites for hydroxylation is 1. The van der Waals surface area contributed by atoms with E-state index in [-0.39, 0.29) is 18.1 Å². The summed E-state index contributed by atoms with van der Waals surface area (Å²) in [7, 11) is 4.22. The number of carbonyl (C=O) groups excluding carboxylic acids is 1. The number of rotatable bonds is 11. The number of fused-ring (bicyclic) bond motifs is 1. The van der Waals surface area contributed by atoms with Crippen LogP contribution in [0.1, 0.15) is 52.7 Å². The normalized spacial score (nSPS) is 19.7. The first-order valence-corrected chi connectivity index (χ1v) is 12.7. The Morgan fingerprint density at radius 3 is 2.74 bits per heavy atom. The van der Waals surface area contributed by atoms with Gasteiger partial charge in [-0.2, -0.15) is 0 Å². The highest BCUT2D eigenvalue weighted by Gasteiger charge is 2.21. The van der Waals surface area contributed by atoms with Gasteiger partial charge in [0.1, 0.15) is 12.4 Å². The number of benzene rings is 2. The molecule has 2 aliphatic rings. The van der Waals surface area contributed by atoms with Crippen molar-refractivity contribution in [3.8, 4) is 5.75 Å². The number of amides is 1. The van der Waals surface area contributed by atoms with Crippen molar-refractivity contribution in [1.82, 2.24) is 15.5 Å².